The molecule has 0 atom stereocenters. The van der Waals surface area contributed by atoms with Crippen LogP contribution in [0.3, 0.4) is 0 Å². The Morgan fingerprint density at radius 1 is 1.40 bits per heavy atom. The van der Waals surface area contributed by atoms with Crippen molar-refractivity contribution in [2.24, 2.45) is 5.92 Å². The Labute approximate surface area is 115 Å². The van der Waals surface area contributed by atoms with Gasteiger partial charge in [0.2, 0.25) is 0 Å². The quantitative estimate of drug-likeness (QED) is 0.745. The Kier molecular flexibility index (Phi) is 3.44. The number of anilines is 1. The smallest absolute Gasteiger partial charge is 0.309 e. The summed E-state index contributed by atoms with van der Waals surface area (Å²) < 4.78 is 6.74. The zero-order valence-corrected chi connectivity index (χ0v) is 11.3. The summed E-state index contributed by atoms with van der Waals surface area (Å²) in [6.07, 6.45) is 4.91. The summed E-state index contributed by atoms with van der Waals surface area (Å²) in [4.78, 5) is 18.0. The number of tetrazole rings is 1. The molecule has 0 unspecified atom stereocenters. The van der Waals surface area contributed by atoms with Gasteiger partial charge in [0.1, 0.15) is 0 Å². The highest BCUT2D eigenvalue weighted by atomic mass is 16.5. The highest BCUT2D eigenvalue weighted by Crippen LogP contribution is 2.23. The molecule has 3 rings (SSSR count). The molecular weight excluding hydrogens is 260 g/mol. The number of hydrogen-bond donors (Lipinski definition) is 0. The molecule has 0 aromatic carbocycles. The summed E-state index contributed by atoms with van der Waals surface area (Å²) in [5, 5.41) is 11.5. The summed E-state index contributed by atoms with van der Waals surface area (Å²) in [6.45, 7) is 3.80. The van der Waals surface area contributed by atoms with Gasteiger partial charge < -0.3 is 9.64 Å². The van der Waals surface area contributed by atoms with Crippen LogP contribution in [-0.2, 0) is 9.53 Å². The van der Waals surface area contributed by atoms with Crippen LogP contribution in [0.15, 0.2) is 12.4 Å². The molecule has 8 heteroatoms. The SMILES string of the molecule is CCOC(=O)C1CCN(c2cncc3nnnn23)CC1. The Bertz CT molecular complexity index is 605. The van der Waals surface area contributed by atoms with Gasteiger partial charge in [0.15, 0.2) is 11.5 Å². The van der Waals surface area contributed by atoms with Crippen molar-refractivity contribution in [3.8, 4) is 0 Å². The predicted octanol–water partition coefficient (Wildman–Crippen LogP) is 0.299. The maximum Gasteiger partial charge on any atom is 0.309 e. The fourth-order valence-corrected chi connectivity index (χ4v) is 2.48. The number of esters is 1. The molecule has 1 fully saturated rings. The second kappa shape index (κ2) is 5.40. The van der Waals surface area contributed by atoms with Crippen LogP contribution in [0.1, 0.15) is 19.8 Å². The van der Waals surface area contributed by atoms with Crippen LogP contribution in [0.4, 0.5) is 5.82 Å². The van der Waals surface area contributed by atoms with Gasteiger partial charge in [-0.3, -0.25) is 9.78 Å². The van der Waals surface area contributed by atoms with E-state index < -0.39 is 0 Å². The highest BCUT2D eigenvalue weighted by Gasteiger charge is 2.27. The summed E-state index contributed by atoms with van der Waals surface area (Å²) in [5.74, 6) is 0.757. The van der Waals surface area contributed by atoms with Gasteiger partial charge in [-0.1, -0.05) is 0 Å². The maximum absolute atomic E-state index is 11.7. The number of fused-ring (bicyclic) bond motifs is 1. The van der Waals surface area contributed by atoms with E-state index in [1.165, 1.54) is 0 Å². The van der Waals surface area contributed by atoms with Crippen molar-refractivity contribution >= 4 is 17.4 Å². The second-order valence-corrected chi connectivity index (χ2v) is 4.73. The first-order chi connectivity index (χ1) is 9.79. The predicted molar refractivity (Wildman–Crippen MR) is 70.1 cm³/mol. The third-order valence-corrected chi connectivity index (χ3v) is 3.53. The lowest BCUT2D eigenvalue weighted by Gasteiger charge is -2.31. The van der Waals surface area contributed by atoms with Crippen molar-refractivity contribution < 1.29 is 9.53 Å². The minimum absolute atomic E-state index is 0.00719. The highest BCUT2D eigenvalue weighted by molar-refractivity contribution is 5.72. The summed E-state index contributed by atoms with van der Waals surface area (Å²) in [7, 11) is 0. The Morgan fingerprint density at radius 3 is 2.95 bits per heavy atom. The molecule has 1 aliphatic heterocycles. The van der Waals surface area contributed by atoms with E-state index in [9.17, 15) is 4.79 Å². The van der Waals surface area contributed by atoms with Crippen molar-refractivity contribution in [2.45, 2.75) is 19.8 Å². The Hall–Kier alpha value is -2.25. The van der Waals surface area contributed by atoms with E-state index in [2.05, 4.69) is 25.4 Å². The van der Waals surface area contributed by atoms with Crippen molar-refractivity contribution in [3.05, 3.63) is 12.4 Å². The largest absolute Gasteiger partial charge is 0.466 e. The second-order valence-electron chi connectivity index (χ2n) is 4.73. The van der Waals surface area contributed by atoms with Crippen molar-refractivity contribution in [2.75, 3.05) is 24.6 Å². The number of piperidine rings is 1. The molecule has 20 heavy (non-hydrogen) atoms. The molecule has 2 aromatic rings. The van der Waals surface area contributed by atoms with E-state index >= 15 is 0 Å². The molecule has 0 bridgehead atoms. The molecule has 1 aliphatic rings. The van der Waals surface area contributed by atoms with Crippen LogP contribution in [-0.4, -0.2) is 50.7 Å². The van der Waals surface area contributed by atoms with Crippen molar-refractivity contribution in [1.29, 1.82) is 0 Å². The van der Waals surface area contributed by atoms with Gasteiger partial charge in [0.05, 0.1) is 24.9 Å². The zero-order chi connectivity index (χ0) is 13.9. The number of aromatic nitrogens is 5. The van der Waals surface area contributed by atoms with Gasteiger partial charge >= 0.3 is 5.97 Å². The number of ether oxygens (including phenoxy) is 1. The van der Waals surface area contributed by atoms with Crippen LogP contribution in [0.25, 0.3) is 5.65 Å². The lowest BCUT2D eigenvalue weighted by Crippen LogP contribution is -2.38. The van der Waals surface area contributed by atoms with Crippen molar-refractivity contribution in [3.63, 3.8) is 0 Å². The Morgan fingerprint density at radius 2 is 2.20 bits per heavy atom. The number of carbonyl (C=O) groups is 1. The van der Waals surface area contributed by atoms with Gasteiger partial charge in [-0.2, -0.15) is 4.52 Å². The van der Waals surface area contributed by atoms with E-state index in [1.807, 2.05) is 6.92 Å². The van der Waals surface area contributed by atoms with Gasteiger partial charge in [-0.25, -0.2) is 0 Å². The van der Waals surface area contributed by atoms with E-state index in [4.69, 9.17) is 4.74 Å². The van der Waals surface area contributed by atoms with Gasteiger partial charge in [-0.15, -0.1) is 5.10 Å². The average molecular weight is 276 g/mol. The monoisotopic (exact) mass is 276 g/mol. The summed E-state index contributed by atoms with van der Waals surface area (Å²) >= 11 is 0. The average Bonchev–Trinajstić information content (AvgIpc) is 2.96. The lowest BCUT2D eigenvalue weighted by molar-refractivity contribution is -0.148. The molecule has 0 N–H and O–H groups in total. The topological polar surface area (TPSA) is 85.5 Å². The number of nitrogens with zero attached hydrogens (tertiary/aromatic N) is 6. The van der Waals surface area contributed by atoms with Crippen LogP contribution >= 0.6 is 0 Å². The molecule has 1 saturated heterocycles. The minimum Gasteiger partial charge on any atom is -0.466 e. The van der Waals surface area contributed by atoms with E-state index in [-0.39, 0.29) is 11.9 Å². The fourth-order valence-electron chi connectivity index (χ4n) is 2.48. The number of carbonyl (C=O) groups excluding carboxylic acids is 1. The molecule has 3 heterocycles. The van der Waals surface area contributed by atoms with Gasteiger partial charge in [-0.05, 0) is 30.2 Å². The van der Waals surface area contributed by atoms with Crippen LogP contribution in [0, 0.1) is 5.92 Å². The lowest BCUT2D eigenvalue weighted by atomic mass is 9.97. The van der Waals surface area contributed by atoms with Gasteiger partial charge in [0.25, 0.3) is 0 Å². The normalized spacial score (nSPS) is 16.6. The van der Waals surface area contributed by atoms with Crippen molar-refractivity contribution in [1.82, 2.24) is 25.0 Å². The fraction of sp³-hybridized carbons (Fsp3) is 0.583. The molecule has 0 spiro atoms. The molecule has 106 valence electrons. The molecule has 0 aliphatic carbocycles. The first-order valence-corrected chi connectivity index (χ1v) is 6.73. The Balaban J connectivity index is 1.72. The first kappa shape index (κ1) is 12.8. The molecule has 0 saturated carbocycles. The molecule has 2 aromatic heterocycles. The molecular formula is C12H16N6O2. The van der Waals surface area contributed by atoms with E-state index in [1.54, 1.807) is 16.9 Å². The summed E-state index contributed by atoms with van der Waals surface area (Å²) in [6, 6.07) is 0. The molecule has 0 amide bonds. The van der Waals surface area contributed by atoms with E-state index in [0.29, 0.717) is 12.3 Å². The number of hydrogen-bond acceptors (Lipinski definition) is 7. The van der Waals surface area contributed by atoms with E-state index in [0.717, 1.165) is 31.7 Å². The molecule has 0 radical (unpaired) electrons. The third kappa shape index (κ3) is 2.28. The van der Waals surface area contributed by atoms with Crippen LogP contribution in [0.5, 0.6) is 0 Å². The minimum atomic E-state index is -0.0918. The first-order valence-electron chi connectivity index (χ1n) is 6.73. The van der Waals surface area contributed by atoms with Crippen LogP contribution in [0.2, 0.25) is 0 Å². The van der Waals surface area contributed by atoms with Crippen LogP contribution < -0.4 is 4.90 Å². The van der Waals surface area contributed by atoms with Gasteiger partial charge in [0, 0.05) is 13.1 Å². The zero-order valence-electron chi connectivity index (χ0n) is 11.3. The number of rotatable bonds is 3. The standard InChI is InChI=1S/C12H16N6O2/c1-2-20-12(19)9-3-5-17(6-4-9)11-8-13-7-10-14-15-16-18(10)11/h7-9H,2-6H2,1H3. The molecule has 8 nitrogen and oxygen atoms in total. The maximum atomic E-state index is 11.7. The third-order valence-electron chi connectivity index (χ3n) is 3.53. The summed E-state index contributed by atoms with van der Waals surface area (Å²) in [5.41, 5.74) is 0.620.